The highest BCUT2D eigenvalue weighted by molar-refractivity contribution is 8.00. The predicted molar refractivity (Wildman–Crippen MR) is 294 cm³/mol. The Balaban J connectivity index is 1.14. The number of hydrogen-bond acceptors (Lipinski definition) is 2. The molecule has 3 heteroatoms. The number of para-hydroxylation sites is 1. The van der Waals surface area contributed by atoms with Gasteiger partial charge >= 0.3 is 0 Å². The highest BCUT2D eigenvalue weighted by Gasteiger charge is 2.42. The average molecular weight is 894 g/mol. The van der Waals surface area contributed by atoms with Crippen LogP contribution in [0.2, 0.25) is 0 Å². The lowest BCUT2D eigenvalue weighted by Crippen LogP contribution is -2.60. The van der Waals surface area contributed by atoms with E-state index in [1.807, 2.05) is 11.8 Å². The van der Waals surface area contributed by atoms with Gasteiger partial charge in [0.1, 0.15) is 0 Å². The summed E-state index contributed by atoms with van der Waals surface area (Å²) in [5.74, 6) is 0. The molecule has 0 N–H and O–H groups in total. The third-order valence-corrected chi connectivity index (χ3v) is 15.0. The third kappa shape index (κ3) is 7.40. The van der Waals surface area contributed by atoms with Crippen molar-refractivity contribution < 1.29 is 0 Å². The Morgan fingerprint density at radius 3 is 1.16 bits per heavy atom. The van der Waals surface area contributed by atoms with Gasteiger partial charge in [0.15, 0.2) is 0 Å². The van der Waals surface area contributed by atoms with Crippen LogP contribution in [0.25, 0.3) is 77.9 Å². The molecule has 69 heavy (non-hydrogen) atoms. The smallest absolute Gasteiger partial charge is 0.249 e. The van der Waals surface area contributed by atoms with E-state index >= 15 is 0 Å². The van der Waals surface area contributed by atoms with Gasteiger partial charge in [0, 0.05) is 32.3 Å². The Labute approximate surface area is 409 Å². The van der Waals surface area contributed by atoms with Crippen LogP contribution >= 0.6 is 11.8 Å². The van der Waals surface area contributed by atoms with Crippen LogP contribution in [0.3, 0.4) is 0 Å². The molecule has 2 aliphatic heterocycles. The van der Waals surface area contributed by atoms with E-state index in [4.69, 9.17) is 0 Å². The Hall–Kier alpha value is -8.37. The van der Waals surface area contributed by atoms with Crippen molar-refractivity contribution in [3.05, 3.63) is 267 Å². The fourth-order valence-corrected chi connectivity index (χ4v) is 11.8. The molecule has 322 valence electrons. The zero-order valence-corrected chi connectivity index (χ0v) is 38.7. The van der Waals surface area contributed by atoms with Crippen molar-refractivity contribution in [3.8, 4) is 77.9 Å². The van der Waals surface area contributed by atoms with Crippen molar-refractivity contribution >= 4 is 51.9 Å². The second kappa shape index (κ2) is 17.4. The van der Waals surface area contributed by atoms with Gasteiger partial charge in [-0.25, -0.2) is 0 Å². The highest BCUT2D eigenvalue weighted by Crippen LogP contribution is 2.50. The van der Waals surface area contributed by atoms with E-state index in [9.17, 15) is 0 Å². The zero-order valence-electron chi connectivity index (χ0n) is 37.8. The van der Waals surface area contributed by atoms with Crippen molar-refractivity contribution in [3.63, 3.8) is 0 Å². The standard InChI is InChI=1S/C66H44BNS/c1-7-20-45(21-8-1)51-34-36-61-59(41-51)67-60-42-52(46-22-9-2-10-23-46)35-37-63(60)69-64-44-56(55-39-53(47-24-11-3-12-25-47)38-54(40-55)48-26-13-4-14-27-48)43-62(65(64)67)68(61)66-57(49-28-15-5-16-29-49)32-19-33-58(66)50-30-17-6-18-31-50/h1-44H. The summed E-state index contributed by atoms with van der Waals surface area (Å²) in [5.41, 5.74) is 24.2. The molecule has 0 aliphatic carbocycles. The fraction of sp³-hybridized carbons (Fsp3) is 0. The van der Waals surface area contributed by atoms with E-state index < -0.39 is 0 Å². The number of rotatable bonds is 8. The van der Waals surface area contributed by atoms with Gasteiger partial charge in [-0.05, 0) is 120 Å². The first-order valence-electron chi connectivity index (χ1n) is 23.8. The van der Waals surface area contributed by atoms with Crippen LogP contribution in [0, 0.1) is 0 Å². The molecule has 0 saturated carbocycles. The monoisotopic (exact) mass is 893 g/mol. The molecule has 0 fully saturated rings. The van der Waals surface area contributed by atoms with Crippen molar-refractivity contribution in [2.45, 2.75) is 9.79 Å². The molecule has 1 nitrogen and oxygen atoms in total. The van der Waals surface area contributed by atoms with Gasteiger partial charge in [0.05, 0.1) is 5.69 Å². The summed E-state index contributed by atoms with van der Waals surface area (Å²) in [6, 6.07) is 98.5. The number of benzene rings is 11. The molecule has 11 aromatic carbocycles. The summed E-state index contributed by atoms with van der Waals surface area (Å²) in [6.07, 6.45) is 0. The van der Waals surface area contributed by atoms with E-state index in [0.717, 1.165) is 0 Å². The van der Waals surface area contributed by atoms with E-state index in [1.165, 1.54) is 121 Å². The number of nitrogens with zero attached hydrogens (tertiary/aromatic N) is 1. The minimum absolute atomic E-state index is 0.0292. The van der Waals surface area contributed by atoms with Crippen LogP contribution in [-0.2, 0) is 0 Å². The van der Waals surface area contributed by atoms with Gasteiger partial charge < -0.3 is 4.90 Å². The Morgan fingerprint density at radius 2 is 0.667 bits per heavy atom. The molecule has 2 heterocycles. The predicted octanol–water partition coefficient (Wildman–Crippen LogP) is 16.1. The van der Waals surface area contributed by atoms with Crippen molar-refractivity contribution in [1.82, 2.24) is 0 Å². The molecule has 13 rings (SSSR count). The molecular weight excluding hydrogens is 850 g/mol. The summed E-state index contributed by atoms with van der Waals surface area (Å²) in [4.78, 5) is 5.19. The zero-order chi connectivity index (χ0) is 45.7. The van der Waals surface area contributed by atoms with E-state index in [-0.39, 0.29) is 6.71 Å². The molecule has 0 bridgehead atoms. The molecule has 2 aliphatic rings. The fourth-order valence-electron chi connectivity index (χ4n) is 10.7. The summed E-state index contributed by atoms with van der Waals surface area (Å²) in [7, 11) is 0. The maximum Gasteiger partial charge on any atom is 0.249 e. The molecule has 11 aromatic rings. The SMILES string of the molecule is c1ccc(-c2cc(-c3ccccc3)cc(-c3cc4c5c(c3)N(c3c(-c6ccccc6)cccc3-c3ccccc3)c3ccc(-c6ccccc6)cc3B5c3cc(-c5ccccc5)ccc3S4)c2)cc1. The lowest BCUT2D eigenvalue weighted by molar-refractivity contribution is 1.27. The first kappa shape index (κ1) is 40.9. The second-order valence-electron chi connectivity index (χ2n) is 18.0. The van der Waals surface area contributed by atoms with Gasteiger partial charge in [-0.15, -0.1) is 0 Å². The number of fused-ring (bicyclic) bond motifs is 4. The van der Waals surface area contributed by atoms with Crippen LogP contribution in [0.15, 0.2) is 277 Å². The maximum atomic E-state index is 2.62. The van der Waals surface area contributed by atoms with Gasteiger partial charge in [0.2, 0.25) is 6.71 Å². The van der Waals surface area contributed by atoms with Gasteiger partial charge in [-0.1, -0.05) is 242 Å². The van der Waals surface area contributed by atoms with E-state index in [1.54, 1.807) is 0 Å². The quantitative estimate of drug-likeness (QED) is 0.140. The first-order chi connectivity index (χ1) is 34.2. The lowest BCUT2D eigenvalue weighted by atomic mass is 9.34. The van der Waals surface area contributed by atoms with Gasteiger partial charge in [-0.2, -0.15) is 0 Å². The summed E-state index contributed by atoms with van der Waals surface area (Å²) >= 11 is 1.91. The number of anilines is 3. The molecule has 0 spiro atoms. The summed E-state index contributed by atoms with van der Waals surface area (Å²) < 4.78 is 0. The molecular formula is C66H44BNS. The third-order valence-electron chi connectivity index (χ3n) is 13.9. The van der Waals surface area contributed by atoms with Crippen molar-refractivity contribution in [2.75, 3.05) is 4.90 Å². The van der Waals surface area contributed by atoms with Crippen molar-refractivity contribution in [1.29, 1.82) is 0 Å². The second-order valence-corrected chi connectivity index (χ2v) is 19.1. The molecule has 0 radical (unpaired) electrons. The van der Waals surface area contributed by atoms with Gasteiger partial charge in [-0.3, -0.25) is 0 Å². The molecule has 0 saturated heterocycles. The summed E-state index contributed by atoms with van der Waals surface area (Å²) in [5, 5.41) is 0. The van der Waals surface area contributed by atoms with Crippen LogP contribution in [-0.4, -0.2) is 6.71 Å². The molecule has 0 amide bonds. The Kier molecular flexibility index (Phi) is 10.3. The molecule has 0 atom stereocenters. The minimum Gasteiger partial charge on any atom is -0.310 e. The largest absolute Gasteiger partial charge is 0.310 e. The van der Waals surface area contributed by atoms with Crippen LogP contribution in [0.4, 0.5) is 17.1 Å². The lowest BCUT2D eigenvalue weighted by Gasteiger charge is -2.42. The van der Waals surface area contributed by atoms with Crippen LogP contribution in [0.5, 0.6) is 0 Å². The van der Waals surface area contributed by atoms with Gasteiger partial charge in [0.25, 0.3) is 0 Å². The van der Waals surface area contributed by atoms with E-state index in [2.05, 4.69) is 272 Å². The van der Waals surface area contributed by atoms with Crippen LogP contribution in [0.1, 0.15) is 0 Å². The minimum atomic E-state index is -0.0292. The molecule has 0 aromatic heterocycles. The van der Waals surface area contributed by atoms with Crippen LogP contribution < -0.4 is 21.3 Å². The molecule has 0 unspecified atom stereocenters. The first-order valence-corrected chi connectivity index (χ1v) is 24.6. The van der Waals surface area contributed by atoms with Crippen molar-refractivity contribution in [2.24, 2.45) is 0 Å². The number of hydrogen-bond donors (Lipinski definition) is 0. The summed E-state index contributed by atoms with van der Waals surface area (Å²) in [6.45, 7) is -0.0292. The highest BCUT2D eigenvalue weighted by atomic mass is 32.2. The Morgan fingerprint density at radius 1 is 0.261 bits per heavy atom. The normalized spacial score (nSPS) is 12.2. The maximum absolute atomic E-state index is 2.62. The average Bonchev–Trinajstić information content (AvgIpc) is 3.43. The Bertz CT molecular complexity index is 3560. The topological polar surface area (TPSA) is 3.24 Å². The van der Waals surface area contributed by atoms with E-state index in [0.29, 0.717) is 0 Å².